The number of hydrogen-bond donors (Lipinski definition) is 1. The molecular formula is C12H19NOS. The van der Waals surface area contributed by atoms with Gasteiger partial charge < -0.3 is 10.1 Å². The summed E-state index contributed by atoms with van der Waals surface area (Å²) in [5.74, 6) is 1.00. The fraction of sp³-hybridized carbons (Fsp3) is 0.500. The Balaban J connectivity index is 2.99. The fourth-order valence-corrected chi connectivity index (χ4v) is 2.21. The molecule has 0 atom stereocenters. The van der Waals surface area contributed by atoms with Gasteiger partial charge in [0, 0.05) is 4.90 Å². The van der Waals surface area contributed by atoms with Gasteiger partial charge in [0.25, 0.3) is 0 Å². The van der Waals surface area contributed by atoms with Gasteiger partial charge in [-0.05, 0) is 56.5 Å². The van der Waals surface area contributed by atoms with Crippen molar-refractivity contribution in [2.24, 2.45) is 0 Å². The Morgan fingerprint density at radius 3 is 2.67 bits per heavy atom. The van der Waals surface area contributed by atoms with Gasteiger partial charge in [-0.1, -0.05) is 0 Å². The molecule has 0 heterocycles. The summed E-state index contributed by atoms with van der Waals surface area (Å²) in [6.07, 6.45) is 3.12. The van der Waals surface area contributed by atoms with Crippen LogP contribution in [0.15, 0.2) is 17.0 Å². The van der Waals surface area contributed by atoms with E-state index in [1.807, 2.05) is 7.05 Å². The maximum atomic E-state index is 5.39. The first-order valence-corrected chi connectivity index (χ1v) is 6.31. The van der Waals surface area contributed by atoms with Crippen LogP contribution in [0.2, 0.25) is 0 Å². The zero-order valence-electron chi connectivity index (χ0n) is 9.89. The van der Waals surface area contributed by atoms with E-state index in [2.05, 4.69) is 30.6 Å². The average Bonchev–Trinajstić information content (AvgIpc) is 2.26. The molecule has 2 nitrogen and oxygen atoms in total. The second-order valence-corrected chi connectivity index (χ2v) is 4.34. The zero-order valence-corrected chi connectivity index (χ0v) is 10.7. The van der Waals surface area contributed by atoms with Crippen LogP contribution in [0, 0.1) is 6.92 Å². The molecular weight excluding hydrogens is 206 g/mol. The summed E-state index contributed by atoms with van der Waals surface area (Å²) in [5.41, 5.74) is 2.56. The number of methoxy groups -OCH3 is 1. The number of thioether (sulfide) groups is 1. The highest BCUT2D eigenvalue weighted by Crippen LogP contribution is 2.28. The van der Waals surface area contributed by atoms with Crippen molar-refractivity contribution in [3.8, 4) is 5.75 Å². The van der Waals surface area contributed by atoms with Crippen molar-refractivity contribution in [2.75, 3.05) is 27.0 Å². The quantitative estimate of drug-likeness (QED) is 0.778. The summed E-state index contributed by atoms with van der Waals surface area (Å²) in [6.45, 7) is 3.10. The molecule has 0 aliphatic rings. The van der Waals surface area contributed by atoms with Gasteiger partial charge in [-0.25, -0.2) is 0 Å². The number of ether oxygens (including phenoxy) is 1. The smallest absolute Gasteiger partial charge is 0.122 e. The standard InChI is InChI=1S/C12H19NOS/c1-9-7-11(14-3)10(5-6-13-2)8-12(9)15-4/h7-8,13H,5-6H2,1-4H3. The first-order chi connectivity index (χ1) is 7.22. The first-order valence-electron chi connectivity index (χ1n) is 5.09. The van der Waals surface area contributed by atoms with Crippen LogP contribution >= 0.6 is 11.8 Å². The molecule has 0 aliphatic heterocycles. The van der Waals surface area contributed by atoms with Gasteiger partial charge in [-0.2, -0.15) is 0 Å². The number of rotatable bonds is 5. The normalized spacial score (nSPS) is 10.4. The third-order valence-electron chi connectivity index (χ3n) is 2.44. The Hall–Kier alpha value is -0.670. The third-order valence-corrected chi connectivity index (χ3v) is 3.32. The van der Waals surface area contributed by atoms with Gasteiger partial charge in [0.15, 0.2) is 0 Å². The molecule has 0 aromatic heterocycles. The van der Waals surface area contributed by atoms with Crippen molar-refractivity contribution < 1.29 is 4.74 Å². The van der Waals surface area contributed by atoms with Crippen LogP contribution in [0.3, 0.4) is 0 Å². The van der Waals surface area contributed by atoms with E-state index in [9.17, 15) is 0 Å². The summed E-state index contributed by atoms with van der Waals surface area (Å²) in [4.78, 5) is 1.34. The largest absolute Gasteiger partial charge is 0.496 e. The monoisotopic (exact) mass is 225 g/mol. The predicted molar refractivity (Wildman–Crippen MR) is 67.1 cm³/mol. The van der Waals surface area contributed by atoms with Crippen molar-refractivity contribution in [2.45, 2.75) is 18.2 Å². The molecule has 0 saturated carbocycles. The third kappa shape index (κ3) is 3.14. The van der Waals surface area contributed by atoms with Crippen molar-refractivity contribution >= 4 is 11.8 Å². The lowest BCUT2D eigenvalue weighted by Crippen LogP contribution is -2.11. The second-order valence-electron chi connectivity index (χ2n) is 3.49. The van der Waals surface area contributed by atoms with Crippen molar-refractivity contribution in [3.05, 3.63) is 23.3 Å². The highest BCUT2D eigenvalue weighted by Gasteiger charge is 2.06. The molecule has 1 aromatic carbocycles. The summed E-state index contributed by atoms with van der Waals surface area (Å²) < 4.78 is 5.39. The Labute approximate surface area is 96.4 Å². The Kier molecular flexibility index (Phi) is 4.99. The molecule has 1 N–H and O–H groups in total. The molecule has 0 bridgehead atoms. The molecule has 3 heteroatoms. The number of aryl methyl sites for hydroxylation is 1. The molecule has 0 spiro atoms. The molecule has 0 unspecified atom stereocenters. The van der Waals surface area contributed by atoms with E-state index in [1.165, 1.54) is 16.0 Å². The number of benzene rings is 1. The van der Waals surface area contributed by atoms with Crippen LogP contribution in [0.5, 0.6) is 5.75 Å². The van der Waals surface area contributed by atoms with Gasteiger partial charge in [-0.15, -0.1) is 11.8 Å². The minimum atomic E-state index is 0.979. The zero-order chi connectivity index (χ0) is 11.3. The fourth-order valence-electron chi connectivity index (χ4n) is 1.57. The van der Waals surface area contributed by atoms with Crippen LogP contribution in [0.25, 0.3) is 0 Å². The number of hydrogen-bond acceptors (Lipinski definition) is 3. The molecule has 0 fully saturated rings. The topological polar surface area (TPSA) is 21.3 Å². The highest BCUT2D eigenvalue weighted by atomic mass is 32.2. The van der Waals surface area contributed by atoms with E-state index in [1.54, 1.807) is 18.9 Å². The summed E-state index contributed by atoms with van der Waals surface area (Å²) in [5, 5.41) is 3.16. The molecule has 1 rings (SSSR count). The SMILES string of the molecule is CNCCc1cc(SC)c(C)cc1OC. The van der Waals surface area contributed by atoms with Crippen molar-refractivity contribution in [1.29, 1.82) is 0 Å². The Morgan fingerprint density at radius 1 is 1.40 bits per heavy atom. The van der Waals surface area contributed by atoms with E-state index in [-0.39, 0.29) is 0 Å². The van der Waals surface area contributed by atoms with Crippen LogP contribution in [-0.2, 0) is 6.42 Å². The second kappa shape index (κ2) is 6.03. The minimum absolute atomic E-state index is 0.979. The van der Waals surface area contributed by atoms with E-state index < -0.39 is 0 Å². The average molecular weight is 225 g/mol. The lowest BCUT2D eigenvalue weighted by Gasteiger charge is -2.12. The van der Waals surface area contributed by atoms with Crippen LogP contribution in [0.4, 0.5) is 0 Å². The molecule has 0 aliphatic carbocycles. The van der Waals surface area contributed by atoms with Gasteiger partial charge in [0.2, 0.25) is 0 Å². The van der Waals surface area contributed by atoms with E-state index in [4.69, 9.17) is 4.74 Å². The van der Waals surface area contributed by atoms with E-state index in [0.717, 1.165) is 18.7 Å². The lowest BCUT2D eigenvalue weighted by atomic mass is 10.1. The number of nitrogens with one attached hydrogen (secondary N) is 1. The molecule has 0 radical (unpaired) electrons. The van der Waals surface area contributed by atoms with Gasteiger partial charge in [0.1, 0.15) is 5.75 Å². The maximum absolute atomic E-state index is 5.39. The van der Waals surface area contributed by atoms with Crippen LogP contribution in [-0.4, -0.2) is 27.0 Å². The maximum Gasteiger partial charge on any atom is 0.122 e. The van der Waals surface area contributed by atoms with Gasteiger partial charge in [-0.3, -0.25) is 0 Å². The lowest BCUT2D eigenvalue weighted by molar-refractivity contribution is 0.408. The Bertz CT molecular complexity index is 326. The van der Waals surface area contributed by atoms with E-state index in [0.29, 0.717) is 0 Å². The van der Waals surface area contributed by atoms with Crippen LogP contribution < -0.4 is 10.1 Å². The Morgan fingerprint density at radius 2 is 2.13 bits per heavy atom. The predicted octanol–water partition coefficient (Wildman–Crippen LogP) is 2.49. The molecule has 15 heavy (non-hydrogen) atoms. The minimum Gasteiger partial charge on any atom is -0.496 e. The summed E-state index contributed by atoms with van der Waals surface area (Å²) in [6, 6.07) is 4.35. The highest BCUT2D eigenvalue weighted by molar-refractivity contribution is 7.98. The molecule has 1 aromatic rings. The van der Waals surface area contributed by atoms with Gasteiger partial charge >= 0.3 is 0 Å². The van der Waals surface area contributed by atoms with E-state index >= 15 is 0 Å². The summed E-state index contributed by atoms with van der Waals surface area (Å²) in [7, 11) is 3.70. The first kappa shape index (κ1) is 12.4. The molecule has 84 valence electrons. The van der Waals surface area contributed by atoms with Crippen LogP contribution in [0.1, 0.15) is 11.1 Å². The summed E-state index contributed by atoms with van der Waals surface area (Å²) >= 11 is 1.79. The molecule has 0 amide bonds. The van der Waals surface area contributed by atoms with Gasteiger partial charge in [0.05, 0.1) is 7.11 Å². The number of likely N-dealkylation sites (N-methyl/N-ethyl adjacent to an activating group) is 1. The molecule has 0 saturated heterocycles. The van der Waals surface area contributed by atoms with Crippen molar-refractivity contribution in [3.63, 3.8) is 0 Å². The van der Waals surface area contributed by atoms with Crippen molar-refractivity contribution in [1.82, 2.24) is 5.32 Å².